The number of Topliss-reactive ketones (excluding diaryl/α,β-unsaturated/α-hetero) is 1. The van der Waals surface area contributed by atoms with Crippen LogP contribution < -0.4 is 0 Å². The molecule has 4 heteroatoms. The third-order valence-electron chi connectivity index (χ3n) is 3.83. The van der Waals surface area contributed by atoms with Crippen molar-refractivity contribution in [1.29, 1.82) is 0 Å². The molecule has 0 bridgehead atoms. The van der Waals surface area contributed by atoms with Crippen molar-refractivity contribution >= 4 is 17.4 Å². The summed E-state index contributed by atoms with van der Waals surface area (Å²) in [6.45, 7) is 8.68. The molecule has 1 aromatic rings. The Morgan fingerprint density at radius 1 is 1.05 bits per heavy atom. The molecule has 1 aromatic carbocycles. The first-order chi connectivity index (χ1) is 9.69. The van der Waals surface area contributed by atoms with Crippen LogP contribution in [-0.2, 0) is 0 Å². The summed E-state index contributed by atoms with van der Waals surface area (Å²) in [5, 5.41) is 0.675. The summed E-state index contributed by atoms with van der Waals surface area (Å²) in [5.41, 5.74) is 0.763. The van der Waals surface area contributed by atoms with Crippen LogP contribution in [0, 0.1) is 0 Å². The predicted octanol–water partition coefficient (Wildman–Crippen LogP) is 2.94. The van der Waals surface area contributed by atoms with Gasteiger partial charge in [-0.15, -0.1) is 0 Å². The smallest absolute Gasteiger partial charge is 0.164 e. The molecule has 110 valence electrons. The lowest BCUT2D eigenvalue weighted by atomic mass is 10.1. The van der Waals surface area contributed by atoms with Crippen LogP contribution in [0.4, 0.5) is 0 Å². The molecule has 1 fully saturated rings. The highest BCUT2D eigenvalue weighted by atomic mass is 35.5. The van der Waals surface area contributed by atoms with Crippen molar-refractivity contribution in [3.05, 3.63) is 34.9 Å². The first-order valence-corrected chi connectivity index (χ1v) is 7.80. The van der Waals surface area contributed by atoms with Gasteiger partial charge >= 0.3 is 0 Å². The summed E-state index contributed by atoms with van der Waals surface area (Å²) in [7, 11) is 0. The molecule has 1 aliphatic heterocycles. The van der Waals surface area contributed by atoms with Gasteiger partial charge < -0.3 is 9.80 Å². The van der Waals surface area contributed by atoms with E-state index in [0.29, 0.717) is 11.4 Å². The maximum atomic E-state index is 12.1. The Morgan fingerprint density at radius 3 is 2.15 bits per heavy atom. The molecule has 3 nitrogen and oxygen atoms in total. The second-order valence-electron chi connectivity index (χ2n) is 5.36. The first-order valence-electron chi connectivity index (χ1n) is 7.42. The number of carbonyl (C=O) groups is 1. The molecule has 20 heavy (non-hydrogen) atoms. The molecule has 0 N–H and O–H groups in total. The summed E-state index contributed by atoms with van der Waals surface area (Å²) in [4.78, 5) is 17.0. The van der Waals surface area contributed by atoms with Crippen molar-refractivity contribution in [3.8, 4) is 0 Å². The lowest BCUT2D eigenvalue weighted by molar-refractivity contribution is 0.0928. The molecular weight excluding hydrogens is 272 g/mol. The Morgan fingerprint density at radius 2 is 1.60 bits per heavy atom. The largest absolute Gasteiger partial charge is 0.301 e. The van der Waals surface area contributed by atoms with Crippen LogP contribution in [0.3, 0.4) is 0 Å². The monoisotopic (exact) mass is 294 g/mol. The maximum Gasteiger partial charge on any atom is 0.164 e. The number of piperazine rings is 1. The number of nitrogens with zero attached hydrogens (tertiary/aromatic N) is 2. The third-order valence-corrected chi connectivity index (χ3v) is 4.08. The Hall–Kier alpha value is -0.900. The number of ketones is 1. The lowest BCUT2D eigenvalue weighted by Gasteiger charge is -2.34. The van der Waals surface area contributed by atoms with Crippen molar-refractivity contribution in [1.82, 2.24) is 9.80 Å². The van der Waals surface area contributed by atoms with Crippen LogP contribution in [0.1, 0.15) is 30.1 Å². The number of rotatable bonds is 6. The summed E-state index contributed by atoms with van der Waals surface area (Å²) in [6, 6.07) is 7.17. The van der Waals surface area contributed by atoms with E-state index in [1.165, 1.54) is 13.0 Å². The molecule has 0 atom stereocenters. The SMILES string of the molecule is CCCN1CCN(CCC(=O)c2ccc(Cl)cc2)CC1. The molecule has 0 aliphatic carbocycles. The number of halogens is 1. The van der Waals surface area contributed by atoms with Crippen LogP contribution in [0.2, 0.25) is 5.02 Å². The highest BCUT2D eigenvalue weighted by Crippen LogP contribution is 2.12. The van der Waals surface area contributed by atoms with Gasteiger partial charge in [0.15, 0.2) is 5.78 Å². The highest BCUT2D eigenvalue weighted by Gasteiger charge is 2.16. The molecule has 1 aliphatic rings. The minimum atomic E-state index is 0.206. The van der Waals surface area contributed by atoms with E-state index in [9.17, 15) is 4.79 Å². The second kappa shape index (κ2) is 7.77. The highest BCUT2D eigenvalue weighted by molar-refractivity contribution is 6.30. The van der Waals surface area contributed by atoms with E-state index in [1.54, 1.807) is 12.1 Å². The van der Waals surface area contributed by atoms with E-state index in [-0.39, 0.29) is 5.78 Å². The van der Waals surface area contributed by atoms with Gasteiger partial charge in [-0.3, -0.25) is 4.79 Å². The summed E-state index contributed by atoms with van der Waals surface area (Å²) >= 11 is 5.83. The van der Waals surface area contributed by atoms with Gasteiger partial charge in [0.2, 0.25) is 0 Å². The quantitative estimate of drug-likeness (QED) is 0.754. The number of carbonyl (C=O) groups excluding carboxylic acids is 1. The summed E-state index contributed by atoms with van der Waals surface area (Å²) < 4.78 is 0. The second-order valence-corrected chi connectivity index (χ2v) is 5.80. The molecule has 2 rings (SSSR count). The fourth-order valence-corrected chi connectivity index (χ4v) is 2.72. The normalized spacial score (nSPS) is 17.3. The van der Waals surface area contributed by atoms with Crippen molar-refractivity contribution in [2.24, 2.45) is 0 Å². The van der Waals surface area contributed by atoms with Gasteiger partial charge in [0.1, 0.15) is 0 Å². The van der Waals surface area contributed by atoms with Gasteiger partial charge in [-0.05, 0) is 37.2 Å². The Balaban J connectivity index is 1.73. The van der Waals surface area contributed by atoms with Crippen LogP contribution in [-0.4, -0.2) is 54.9 Å². The zero-order chi connectivity index (χ0) is 14.4. The number of hydrogen-bond donors (Lipinski definition) is 0. The van der Waals surface area contributed by atoms with Crippen molar-refractivity contribution in [2.45, 2.75) is 19.8 Å². The zero-order valence-electron chi connectivity index (χ0n) is 12.1. The number of hydrogen-bond acceptors (Lipinski definition) is 3. The van der Waals surface area contributed by atoms with Gasteiger partial charge in [0.05, 0.1) is 0 Å². The molecule has 0 spiro atoms. The van der Waals surface area contributed by atoms with Gasteiger partial charge in [-0.2, -0.15) is 0 Å². The standard InChI is InChI=1S/C16H23ClN2O/c1-2-8-18-10-12-19(13-11-18)9-7-16(20)14-3-5-15(17)6-4-14/h3-6H,2,7-13H2,1H3. The van der Waals surface area contributed by atoms with Gasteiger partial charge in [0, 0.05) is 49.7 Å². The van der Waals surface area contributed by atoms with E-state index in [1.807, 2.05) is 12.1 Å². The zero-order valence-corrected chi connectivity index (χ0v) is 12.9. The molecule has 1 heterocycles. The van der Waals surface area contributed by atoms with Crippen LogP contribution in [0.15, 0.2) is 24.3 Å². The topological polar surface area (TPSA) is 23.6 Å². The predicted molar refractivity (Wildman–Crippen MR) is 83.6 cm³/mol. The molecular formula is C16H23ClN2O. The van der Waals surface area contributed by atoms with E-state index in [4.69, 9.17) is 11.6 Å². The van der Waals surface area contributed by atoms with Crippen molar-refractivity contribution < 1.29 is 4.79 Å². The molecule has 0 amide bonds. The third kappa shape index (κ3) is 4.58. The Bertz CT molecular complexity index is 425. The average Bonchev–Trinajstić information content (AvgIpc) is 2.47. The van der Waals surface area contributed by atoms with Gasteiger partial charge in [-0.1, -0.05) is 18.5 Å². The fourth-order valence-electron chi connectivity index (χ4n) is 2.59. The molecule has 1 saturated heterocycles. The van der Waals surface area contributed by atoms with E-state index >= 15 is 0 Å². The van der Waals surface area contributed by atoms with E-state index in [0.717, 1.165) is 38.3 Å². The van der Waals surface area contributed by atoms with E-state index in [2.05, 4.69) is 16.7 Å². The fraction of sp³-hybridized carbons (Fsp3) is 0.562. The van der Waals surface area contributed by atoms with Crippen LogP contribution in [0.25, 0.3) is 0 Å². The molecule has 0 saturated carbocycles. The van der Waals surface area contributed by atoms with Crippen molar-refractivity contribution in [3.63, 3.8) is 0 Å². The van der Waals surface area contributed by atoms with Crippen LogP contribution >= 0.6 is 11.6 Å². The minimum Gasteiger partial charge on any atom is -0.301 e. The maximum absolute atomic E-state index is 12.1. The van der Waals surface area contributed by atoms with E-state index < -0.39 is 0 Å². The minimum absolute atomic E-state index is 0.206. The van der Waals surface area contributed by atoms with Gasteiger partial charge in [0.25, 0.3) is 0 Å². The molecule has 0 unspecified atom stereocenters. The molecule has 0 radical (unpaired) electrons. The summed E-state index contributed by atoms with van der Waals surface area (Å²) in [5.74, 6) is 0.206. The van der Waals surface area contributed by atoms with Crippen molar-refractivity contribution in [2.75, 3.05) is 39.3 Å². The lowest BCUT2D eigenvalue weighted by Crippen LogP contribution is -2.46. The summed E-state index contributed by atoms with van der Waals surface area (Å²) in [6.07, 6.45) is 1.81. The Kier molecular flexibility index (Phi) is 6.02. The average molecular weight is 295 g/mol. The number of benzene rings is 1. The van der Waals surface area contributed by atoms with Crippen LogP contribution in [0.5, 0.6) is 0 Å². The molecule has 0 aromatic heterocycles. The Labute approximate surface area is 126 Å². The van der Waals surface area contributed by atoms with Gasteiger partial charge in [-0.25, -0.2) is 0 Å². The first kappa shape index (κ1) is 15.5.